The number of rotatable bonds is 4. The molecule has 1 saturated heterocycles. The van der Waals surface area contributed by atoms with Crippen LogP contribution in [0.1, 0.15) is 18.5 Å². The fourth-order valence-corrected chi connectivity index (χ4v) is 2.11. The molecule has 1 aliphatic heterocycles. The van der Waals surface area contributed by atoms with Gasteiger partial charge in [-0.05, 0) is 12.8 Å². The van der Waals surface area contributed by atoms with E-state index in [2.05, 4.69) is 15.3 Å². The second kappa shape index (κ2) is 6.21. The number of H-pyrrole nitrogens is 1. The first-order chi connectivity index (χ1) is 9.20. The number of urea groups is 1. The number of nitrogens with one attached hydrogen (secondary N) is 2. The summed E-state index contributed by atoms with van der Waals surface area (Å²) in [6.07, 6.45) is 5.52. The Balaban J connectivity index is 1.97. The van der Waals surface area contributed by atoms with Gasteiger partial charge >= 0.3 is 12.0 Å². The van der Waals surface area contributed by atoms with Gasteiger partial charge in [0.15, 0.2) is 0 Å². The third-order valence-electron chi connectivity index (χ3n) is 3.16. The fraction of sp³-hybridized carbons (Fsp3) is 0.583. The lowest BCUT2D eigenvalue weighted by molar-refractivity contribution is -0.142. The van der Waals surface area contributed by atoms with Crippen molar-refractivity contribution in [2.75, 3.05) is 20.2 Å². The molecule has 0 saturated carbocycles. The van der Waals surface area contributed by atoms with E-state index in [4.69, 9.17) is 4.74 Å². The predicted octanol–water partition coefficient (Wildman–Crippen LogP) is 0.299. The van der Waals surface area contributed by atoms with Crippen molar-refractivity contribution in [1.29, 1.82) is 0 Å². The lowest BCUT2D eigenvalue weighted by atomic mass is 10.1. The van der Waals surface area contributed by atoms with Gasteiger partial charge in [0.25, 0.3) is 0 Å². The number of likely N-dealkylation sites (tertiary alicyclic amines) is 1. The number of ether oxygens (including phenoxy) is 1. The second-order valence-corrected chi connectivity index (χ2v) is 4.50. The molecule has 2 heterocycles. The summed E-state index contributed by atoms with van der Waals surface area (Å²) in [4.78, 5) is 32.2. The van der Waals surface area contributed by atoms with Gasteiger partial charge in [-0.1, -0.05) is 0 Å². The van der Waals surface area contributed by atoms with Crippen LogP contribution < -0.4 is 5.32 Å². The van der Waals surface area contributed by atoms with E-state index in [0.29, 0.717) is 6.42 Å². The second-order valence-electron chi connectivity index (χ2n) is 4.50. The van der Waals surface area contributed by atoms with Crippen molar-refractivity contribution in [2.45, 2.75) is 25.3 Å². The van der Waals surface area contributed by atoms with E-state index >= 15 is 0 Å². The molecule has 0 aliphatic carbocycles. The summed E-state index contributed by atoms with van der Waals surface area (Å²) in [5.41, 5.74) is 0.775. The molecule has 0 spiro atoms. The van der Waals surface area contributed by atoms with Gasteiger partial charge in [0.2, 0.25) is 0 Å². The summed E-state index contributed by atoms with van der Waals surface area (Å²) in [5, 5.41) is 2.71. The van der Waals surface area contributed by atoms with Crippen LogP contribution in [0.5, 0.6) is 0 Å². The first kappa shape index (κ1) is 13.4. The van der Waals surface area contributed by atoms with Crippen molar-refractivity contribution < 1.29 is 14.3 Å². The molecule has 0 bridgehead atoms. The van der Waals surface area contributed by atoms with Crippen LogP contribution in [0.15, 0.2) is 12.5 Å². The van der Waals surface area contributed by atoms with Crippen molar-refractivity contribution in [3.8, 4) is 0 Å². The first-order valence-corrected chi connectivity index (χ1v) is 6.31. The number of amides is 2. The summed E-state index contributed by atoms with van der Waals surface area (Å²) in [6, 6.07) is -0.911. The van der Waals surface area contributed by atoms with Crippen LogP contribution in [-0.2, 0) is 16.0 Å². The number of aromatic nitrogens is 2. The highest BCUT2D eigenvalue weighted by Crippen LogP contribution is 2.08. The van der Waals surface area contributed by atoms with E-state index in [-0.39, 0.29) is 6.03 Å². The van der Waals surface area contributed by atoms with E-state index in [0.717, 1.165) is 31.6 Å². The van der Waals surface area contributed by atoms with Gasteiger partial charge in [-0.2, -0.15) is 0 Å². The van der Waals surface area contributed by atoms with Gasteiger partial charge in [-0.25, -0.2) is 14.6 Å². The van der Waals surface area contributed by atoms with E-state index in [1.165, 1.54) is 13.4 Å². The van der Waals surface area contributed by atoms with Crippen molar-refractivity contribution in [3.05, 3.63) is 18.2 Å². The highest BCUT2D eigenvalue weighted by Gasteiger charge is 2.26. The third-order valence-corrected chi connectivity index (χ3v) is 3.16. The average Bonchev–Trinajstić information content (AvgIpc) is 3.09. The highest BCUT2D eigenvalue weighted by molar-refractivity contribution is 5.83. The number of carbonyl (C=O) groups excluding carboxylic acids is 2. The van der Waals surface area contributed by atoms with Gasteiger partial charge in [-0.3, -0.25) is 0 Å². The largest absolute Gasteiger partial charge is 0.467 e. The minimum Gasteiger partial charge on any atom is -0.467 e. The van der Waals surface area contributed by atoms with E-state index in [1.54, 1.807) is 11.1 Å². The smallest absolute Gasteiger partial charge is 0.328 e. The Morgan fingerprint density at radius 3 is 2.84 bits per heavy atom. The molecule has 2 N–H and O–H groups in total. The van der Waals surface area contributed by atoms with Gasteiger partial charge in [0, 0.05) is 31.4 Å². The molecule has 2 rings (SSSR count). The fourth-order valence-electron chi connectivity index (χ4n) is 2.11. The Kier molecular flexibility index (Phi) is 4.38. The minimum absolute atomic E-state index is 0.215. The SMILES string of the molecule is COC(=O)[C@H](Cc1cnc[nH]1)NC(=O)N1CCCC1. The minimum atomic E-state index is -0.696. The molecule has 1 fully saturated rings. The number of methoxy groups -OCH3 is 1. The van der Waals surface area contributed by atoms with Crippen LogP contribution in [0.25, 0.3) is 0 Å². The molecule has 7 heteroatoms. The number of carbonyl (C=O) groups is 2. The molecule has 2 amide bonds. The Bertz CT molecular complexity index is 426. The molecule has 104 valence electrons. The molecule has 1 aromatic heterocycles. The number of hydrogen-bond donors (Lipinski definition) is 2. The normalized spacial score (nSPS) is 16.2. The molecule has 0 unspecified atom stereocenters. The quantitative estimate of drug-likeness (QED) is 0.767. The molecule has 1 aliphatic rings. The van der Waals surface area contributed by atoms with Crippen molar-refractivity contribution in [1.82, 2.24) is 20.2 Å². The van der Waals surface area contributed by atoms with Gasteiger partial charge < -0.3 is 19.9 Å². The van der Waals surface area contributed by atoms with E-state index in [9.17, 15) is 9.59 Å². The maximum Gasteiger partial charge on any atom is 0.328 e. The topological polar surface area (TPSA) is 87.3 Å². The molecule has 0 radical (unpaired) electrons. The maximum atomic E-state index is 12.0. The Labute approximate surface area is 111 Å². The zero-order chi connectivity index (χ0) is 13.7. The van der Waals surface area contributed by atoms with Crippen molar-refractivity contribution >= 4 is 12.0 Å². The molecule has 19 heavy (non-hydrogen) atoms. The number of esters is 1. The molecular weight excluding hydrogens is 248 g/mol. The summed E-state index contributed by atoms with van der Waals surface area (Å²) >= 11 is 0. The van der Waals surface area contributed by atoms with Crippen LogP contribution in [-0.4, -0.2) is 53.1 Å². The lowest BCUT2D eigenvalue weighted by Gasteiger charge is -2.21. The molecule has 1 aromatic rings. The first-order valence-electron chi connectivity index (χ1n) is 6.31. The molecule has 7 nitrogen and oxygen atoms in total. The van der Waals surface area contributed by atoms with Crippen LogP contribution in [0.2, 0.25) is 0 Å². The Hall–Kier alpha value is -2.05. The predicted molar refractivity (Wildman–Crippen MR) is 67.4 cm³/mol. The number of aromatic amines is 1. The van der Waals surface area contributed by atoms with Crippen LogP contribution in [0.3, 0.4) is 0 Å². The Morgan fingerprint density at radius 1 is 1.53 bits per heavy atom. The standard InChI is InChI=1S/C12H18N4O3/c1-19-11(17)10(6-9-7-13-8-14-9)15-12(18)16-4-2-3-5-16/h7-8,10H,2-6H2,1H3,(H,13,14)(H,15,18)/t10-/m0/s1. The highest BCUT2D eigenvalue weighted by atomic mass is 16.5. The molecule has 0 aromatic carbocycles. The van der Waals surface area contributed by atoms with E-state index < -0.39 is 12.0 Å². The summed E-state index contributed by atoms with van der Waals surface area (Å²) < 4.78 is 4.72. The van der Waals surface area contributed by atoms with Gasteiger partial charge in [-0.15, -0.1) is 0 Å². The third kappa shape index (κ3) is 3.46. The van der Waals surface area contributed by atoms with E-state index in [1.807, 2.05) is 0 Å². The number of nitrogens with zero attached hydrogens (tertiary/aromatic N) is 2. The Morgan fingerprint density at radius 2 is 2.26 bits per heavy atom. The van der Waals surface area contributed by atoms with Crippen molar-refractivity contribution in [2.24, 2.45) is 0 Å². The van der Waals surface area contributed by atoms with Crippen LogP contribution in [0, 0.1) is 0 Å². The molecule has 1 atom stereocenters. The van der Waals surface area contributed by atoms with Crippen LogP contribution >= 0.6 is 0 Å². The van der Waals surface area contributed by atoms with Gasteiger partial charge in [0.1, 0.15) is 6.04 Å². The summed E-state index contributed by atoms with van der Waals surface area (Å²) in [6.45, 7) is 1.48. The number of imidazole rings is 1. The molecular formula is C12H18N4O3. The zero-order valence-corrected chi connectivity index (χ0v) is 10.9. The van der Waals surface area contributed by atoms with Crippen molar-refractivity contribution in [3.63, 3.8) is 0 Å². The zero-order valence-electron chi connectivity index (χ0n) is 10.9. The summed E-state index contributed by atoms with van der Waals surface area (Å²) in [5.74, 6) is -0.456. The summed E-state index contributed by atoms with van der Waals surface area (Å²) in [7, 11) is 1.31. The maximum absolute atomic E-state index is 12.0. The van der Waals surface area contributed by atoms with Crippen LogP contribution in [0.4, 0.5) is 4.79 Å². The monoisotopic (exact) mass is 266 g/mol. The lowest BCUT2D eigenvalue weighted by Crippen LogP contribution is -2.48. The van der Waals surface area contributed by atoms with Gasteiger partial charge in [0.05, 0.1) is 13.4 Å². The number of hydrogen-bond acceptors (Lipinski definition) is 4. The average molecular weight is 266 g/mol.